The molecular formula is C29H36N8O7S. The van der Waals surface area contributed by atoms with Crippen LogP contribution in [-0.2, 0) is 19.1 Å². The molecule has 1 aliphatic heterocycles. The van der Waals surface area contributed by atoms with Crippen LogP contribution in [0.2, 0.25) is 0 Å². The summed E-state index contributed by atoms with van der Waals surface area (Å²) in [7, 11) is 0. The molecule has 1 aromatic carbocycles. The maximum absolute atomic E-state index is 13.6. The summed E-state index contributed by atoms with van der Waals surface area (Å²) in [6, 6.07) is 9.39. The number of ether oxygens (including phenoxy) is 2. The van der Waals surface area contributed by atoms with E-state index in [2.05, 4.69) is 20.7 Å². The molecule has 0 radical (unpaired) electrons. The summed E-state index contributed by atoms with van der Waals surface area (Å²) in [4.78, 5) is 55.3. The molecule has 2 fully saturated rings. The third kappa shape index (κ3) is 8.94. The lowest BCUT2D eigenvalue weighted by Crippen LogP contribution is -2.51. The second kappa shape index (κ2) is 15.4. The number of para-hydroxylation sites is 1. The highest BCUT2D eigenvalue weighted by Crippen LogP contribution is 2.59. The fourth-order valence-corrected chi connectivity index (χ4v) is 6.32. The Morgan fingerprint density at radius 1 is 1.24 bits per heavy atom. The van der Waals surface area contributed by atoms with Crippen molar-refractivity contribution in [2.45, 2.75) is 50.7 Å². The van der Waals surface area contributed by atoms with Crippen LogP contribution < -0.4 is 20.7 Å². The molecule has 1 aliphatic carbocycles. The third-order valence-corrected chi connectivity index (χ3v) is 8.84. The SMILES string of the molecule is C[C@@H](NC(=O)[C@@H]1C[C@]2(COCCN=[N+]=[N-])C[C@@H]2N1C(=O)CNC(=O)CCCOc1ccccc1)c1cc(C(=N)NC(=O)O)cs1. The van der Waals surface area contributed by atoms with Gasteiger partial charge in [0, 0.05) is 45.2 Å². The Morgan fingerprint density at radius 2 is 2.02 bits per heavy atom. The summed E-state index contributed by atoms with van der Waals surface area (Å²) in [6.45, 7) is 2.55. The van der Waals surface area contributed by atoms with Gasteiger partial charge in [0.25, 0.3) is 0 Å². The summed E-state index contributed by atoms with van der Waals surface area (Å²) in [5.74, 6) is -0.598. The van der Waals surface area contributed by atoms with Crippen LogP contribution >= 0.6 is 11.3 Å². The number of nitrogens with zero attached hydrogens (tertiary/aromatic N) is 4. The molecule has 16 heteroatoms. The summed E-state index contributed by atoms with van der Waals surface area (Å²) in [5, 5.41) is 29.4. The predicted molar refractivity (Wildman–Crippen MR) is 164 cm³/mol. The number of benzene rings is 1. The highest BCUT2D eigenvalue weighted by Gasteiger charge is 2.67. The van der Waals surface area contributed by atoms with Crippen molar-refractivity contribution in [1.29, 1.82) is 5.41 Å². The molecule has 0 bridgehead atoms. The number of thiophene rings is 1. The molecule has 1 saturated carbocycles. The molecule has 2 aromatic rings. The minimum absolute atomic E-state index is 0.173. The monoisotopic (exact) mass is 640 g/mol. The Bertz CT molecular complexity index is 1450. The molecule has 2 aliphatic rings. The standard InChI is InChI=1S/C29H36N8O7S/c1-18(22-12-19(16-45-22)26(30)35-28(41)42)34-27(40)21-13-29(17-43-11-9-33-36-31)14-23(29)37(21)25(39)15-32-24(38)8-5-10-44-20-6-3-2-4-7-20/h2-4,6-7,12,16,18,21,23H,5,8-11,13-15,17H2,1H3,(H2,30,35)(H,32,38)(H,34,40)(H,41,42)/t18-,21+,23+,29-/m1/s1. The molecule has 5 N–H and O–H groups in total. The fraction of sp³-hybridized carbons (Fsp3) is 0.483. The van der Waals surface area contributed by atoms with Gasteiger partial charge in [0.05, 0.1) is 32.4 Å². The van der Waals surface area contributed by atoms with Crippen molar-refractivity contribution in [3.63, 3.8) is 0 Å². The maximum atomic E-state index is 13.6. The Hall–Kier alpha value is -4.66. The minimum atomic E-state index is -1.34. The van der Waals surface area contributed by atoms with E-state index >= 15 is 0 Å². The molecule has 0 spiro atoms. The van der Waals surface area contributed by atoms with E-state index in [4.69, 9.17) is 25.5 Å². The molecule has 1 saturated heterocycles. The highest BCUT2D eigenvalue weighted by molar-refractivity contribution is 7.10. The molecule has 4 atom stereocenters. The fourth-order valence-electron chi connectivity index (χ4n) is 5.41. The number of rotatable bonds is 16. The quantitative estimate of drug-likeness (QED) is 0.0460. The van der Waals surface area contributed by atoms with Gasteiger partial charge in [-0.3, -0.25) is 25.1 Å². The van der Waals surface area contributed by atoms with Gasteiger partial charge >= 0.3 is 6.09 Å². The highest BCUT2D eigenvalue weighted by atomic mass is 32.1. The van der Waals surface area contributed by atoms with Gasteiger partial charge in [0.1, 0.15) is 17.6 Å². The second-order valence-electron chi connectivity index (χ2n) is 10.9. The molecule has 4 rings (SSSR count). The van der Waals surface area contributed by atoms with Crippen LogP contribution in [0.3, 0.4) is 0 Å². The first-order chi connectivity index (χ1) is 21.6. The summed E-state index contributed by atoms with van der Waals surface area (Å²) < 4.78 is 11.3. The van der Waals surface area contributed by atoms with Gasteiger partial charge in [-0.15, -0.1) is 11.3 Å². The molecule has 4 amide bonds. The number of fused-ring (bicyclic) bond motifs is 1. The number of azide groups is 1. The average molecular weight is 641 g/mol. The number of hydrogen-bond donors (Lipinski definition) is 5. The molecule has 0 unspecified atom stereocenters. The molecule has 240 valence electrons. The minimum Gasteiger partial charge on any atom is -0.494 e. The van der Waals surface area contributed by atoms with Crippen LogP contribution in [0.4, 0.5) is 4.79 Å². The number of nitrogens with one attached hydrogen (secondary N) is 4. The number of carbonyl (C=O) groups is 4. The van der Waals surface area contributed by atoms with E-state index < -0.39 is 23.6 Å². The van der Waals surface area contributed by atoms with E-state index in [1.54, 1.807) is 23.3 Å². The Kier molecular flexibility index (Phi) is 11.4. The van der Waals surface area contributed by atoms with Crippen molar-refractivity contribution >= 4 is 41.0 Å². The molecule has 1 aromatic heterocycles. The van der Waals surface area contributed by atoms with Gasteiger partial charge in [-0.05, 0) is 49.9 Å². The molecule has 45 heavy (non-hydrogen) atoms. The Morgan fingerprint density at radius 3 is 2.76 bits per heavy atom. The van der Waals surface area contributed by atoms with Crippen molar-refractivity contribution in [3.05, 3.63) is 62.7 Å². The van der Waals surface area contributed by atoms with E-state index in [9.17, 15) is 19.2 Å². The van der Waals surface area contributed by atoms with E-state index in [1.807, 2.05) is 35.6 Å². The predicted octanol–water partition coefficient (Wildman–Crippen LogP) is 3.18. The van der Waals surface area contributed by atoms with Gasteiger partial charge in [-0.25, -0.2) is 4.79 Å². The Balaban J connectivity index is 1.34. The van der Waals surface area contributed by atoms with Gasteiger partial charge in [-0.2, -0.15) is 0 Å². The zero-order valence-corrected chi connectivity index (χ0v) is 25.5. The zero-order valence-electron chi connectivity index (χ0n) is 24.7. The van der Waals surface area contributed by atoms with Crippen molar-refractivity contribution in [3.8, 4) is 5.75 Å². The first kappa shape index (κ1) is 33.2. The molecular weight excluding hydrogens is 604 g/mol. The normalized spacial score (nSPS) is 20.2. The number of likely N-dealkylation sites (tertiary alicyclic amines) is 1. The lowest BCUT2D eigenvalue weighted by molar-refractivity contribution is -0.140. The first-order valence-electron chi connectivity index (χ1n) is 14.5. The van der Waals surface area contributed by atoms with E-state index in [1.165, 1.54) is 11.3 Å². The van der Waals surface area contributed by atoms with Crippen LogP contribution in [0.1, 0.15) is 49.1 Å². The van der Waals surface area contributed by atoms with Crippen LogP contribution in [0.25, 0.3) is 10.4 Å². The second-order valence-corrected chi connectivity index (χ2v) is 11.9. The first-order valence-corrected chi connectivity index (χ1v) is 15.3. The maximum Gasteiger partial charge on any atom is 0.410 e. The van der Waals surface area contributed by atoms with Gasteiger partial charge < -0.3 is 30.1 Å². The summed E-state index contributed by atoms with van der Waals surface area (Å²) in [5.41, 5.74) is 8.44. The third-order valence-electron chi connectivity index (χ3n) is 7.72. The average Bonchev–Trinajstić information content (AvgIpc) is 3.34. The van der Waals surface area contributed by atoms with Crippen molar-refractivity contribution in [1.82, 2.24) is 20.9 Å². The van der Waals surface area contributed by atoms with E-state index in [0.29, 0.717) is 48.7 Å². The largest absolute Gasteiger partial charge is 0.494 e. The zero-order chi connectivity index (χ0) is 32.4. The number of amidine groups is 1. The number of piperidine rings is 1. The van der Waals surface area contributed by atoms with Gasteiger partial charge in [0.2, 0.25) is 17.7 Å². The van der Waals surface area contributed by atoms with Crippen LogP contribution in [0.15, 0.2) is 46.9 Å². The topological polar surface area (TPSA) is 219 Å². The van der Waals surface area contributed by atoms with Crippen LogP contribution in [0, 0.1) is 10.8 Å². The summed E-state index contributed by atoms with van der Waals surface area (Å²) >= 11 is 1.27. The Labute approximate surface area is 263 Å². The van der Waals surface area contributed by atoms with Crippen LogP contribution in [-0.4, -0.2) is 84.7 Å². The van der Waals surface area contributed by atoms with Crippen LogP contribution in [0.5, 0.6) is 5.75 Å². The molecule has 2 heterocycles. The number of carbonyl (C=O) groups excluding carboxylic acids is 3. The smallest absolute Gasteiger partial charge is 0.410 e. The molecule has 15 nitrogen and oxygen atoms in total. The van der Waals surface area contributed by atoms with Crippen molar-refractivity contribution in [2.24, 2.45) is 10.5 Å². The van der Waals surface area contributed by atoms with E-state index in [0.717, 1.165) is 0 Å². The number of amides is 4. The number of hydrogen-bond acceptors (Lipinski definition) is 9. The lowest BCUT2D eigenvalue weighted by atomic mass is 10.00. The summed E-state index contributed by atoms with van der Waals surface area (Å²) in [6.07, 6.45) is 0.323. The van der Waals surface area contributed by atoms with Gasteiger partial charge in [0.15, 0.2) is 0 Å². The van der Waals surface area contributed by atoms with Crippen molar-refractivity contribution in [2.75, 3.05) is 32.9 Å². The lowest BCUT2D eigenvalue weighted by Gasteiger charge is -2.28. The van der Waals surface area contributed by atoms with Gasteiger partial charge in [-0.1, -0.05) is 23.3 Å². The van der Waals surface area contributed by atoms with E-state index in [-0.39, 0.29) is 55.7 Å². The van der Waals surface area contributed by atoms with Crippen molar-refractivity contribution < 1.29 is 33.8 Å². The number of carboxylic acid groups (broad SMARTS) is 1.